The second-order valence-corrected chi connectivity index (χ2v) is 7.07. The Labute approximate surface area is 156 Å². The topological polar surface area (TPSA) is 88.9 Å². The van der Waals surface area contributed by atoms with Gasteiger partial charge in [-0.3, -0.25) is 14.5 Å². The second-order valence-electron chi connectivity index (χ2n) is 7.07. The maximum Gasteiger partial charge on any atom is 0.253 e. The van der Waals surface area contributed by atoms with Gasteiger partial charge in [0.05, 0.1) is 18.5 Å². The number of carbonyl (C=O) groups is 1. The molecule has 0 radical (unpaired) electrons. The highest BCUT2D eigenvalue weighted by Crippen LogP contribution is 2.40. The molecule has 1 aromatic carbocycles. The predicted octanol–water partition coefficient (Wildman–Crippen LogP) is 1.69. The molecule has 1 N–H and O–H groups in total. The molecule has 138 valence electrons. The van der Waals surface area contributed by atoms with Crippen molar-refractivity contribution in [2.24, 2.45) is 0 Å². The zero-order chi connectivity index (χ0) is 18.3. The van der Waals surface area contributed by atoms with E-state index in [1.807, 2.05) is 35.4 Å². The number of aromatic amines is 1. The number of nitrogens with zero attached hydrogens (tertiary/aromatic N) is 5. The van der Waals surface area contributed by atoms with E-state index in [1.54, 1.807) is 17.2 Å². The number of amides is 1. The molecule has 2 aliphatic heterocycles. The first-order chi connectivity index (χ1) is 13.3. The summed E-state index contributed by atoms with van der Waals surface area (Å²) in [4.78, 5) is 14.9. The number of nitrogens with one attached hydrogen (secondary N) is 1. The van der Waals surface area contributed by atoms with Gasteiger partial charge < -0.3 is 9.64 Å². The standard InChI is InChI=1S/C19H20N6O2/c26-18(14-2-1-3-16(10-14)25-12-21-22-13-25)24-7-5-19(6-8-24)17-15(4-9-27-19)11-20-23-17/h1-3,10-13H,4-9H2,(H,20,23). The van der Waals surface area contributed by atoms with Gasteiger partial charge in [-0.1, -0.05) is 6.07 Å². The highest BCUT2D eigenvalue weighted by Gasteiger charge is 2.43. The van der Waals surface area contributed by atoms with Crippen LogP contribution >= 0.6 is 0 Å². The Bertz CT molecular complexity index is 956. The van der Waals surface area contributed by atoms with Gasteiger partial charge in [-0.05, 0) is 43.0 Å². The average molecular weight is 364 g/mol. The molecule has 1 saturated heterocycles. The fourth-order valence-electron chi connectivity index (χ4n) is 4.11. The van der Waals surface area contributed by atoms with Crippen molar-refractivity contribution in [3.63, 3.8) is 0 Å². The first kappa shape index (κ1) is 16.2. The van der Waals surface area contributed by atoms with Crippen LogP contribution in [0.25, 0.3) is 5.69 Å². The zero-order valence-electron chi connectivity index (χ0n) is 14.8. The van der Waals surface area contributed by atoms with Crippen LogP contribution in [0, 0.1) is 0 Å². The third-order valence-corrected chi connectivity index (χ3v) is 5.59. The first-order valence-electron chi connectivity index (χ1n) is 9.16. The van der Waals surface area contributed by atoms with Gasteiger partial charge in [0.15, 0.2) is 0 Å². The van der Waals surface area contributed by atoms with Gasteiger partial charge in [-0.2, -0.15) is 5.10 Å². The number of hydrogen-bond acceptors (Lipinski definition) is 5. The highest BCUT2D eigenvalue weighted by molar-refractivity contribution is 5.94. The van der Waals surface area contributed by atoms with Gasteiger partial charge in [-0.25, -0.2) is 0 Å². The number of likely N-dealkylation sites (tertiary alicyclic amines) is 1. The summed E-state index contributed by atoms with van der Waals surface area (Å²) in [5.74, 6) is 0.0421. The van der Waals surface area contributed by atoms with E-state index in [-0.39, 0.29) is 11.5 Å². The Kier molecular flexibility index (Phi) is 3.78. The van der Waals surface area contributed by atoms with E-state index in [0.717, 1.165) is 30.6 Å². The van der Waals surface area contributed by atoms with Crippen molar-refractivity contribution in [1.82, 2.24) is 29.9 Å². The number of hydrogen-bond donors (Lipinski definition) is 1. The lowest BCUT2D eigenvalue weighted by atomic mass is 9.83. The number of piperidine rings is 1. The average Bonchev–Trinajstić information content (AvgIpc) is 3.41. The van der Waals surface area contributed by atoms with Crippen LogP contribution in [0.15, 0.2) is 43.1 Å². The van der Waals surface area contributed by atoms with E-state index in [4.69, 9.17) is 4.74 Å². The van der Waals surface area contributed by atoms with Crippen LogP contribution < -0.4 is 0 Å². The van der Waals surface area contributed by atoms with Crippen LogP contribution in [0.1, 0.15) is 34.5 Å². The van der Waals surface area contributed by atoms with E-state index in [9.17, 15) is 4.79 Å². The van der Waals surface area contributed by atoms with Crippen molar-refractivity contribution in [3.05, 3.63) is 59.9 Å². The van der Waals surface area contributed by atoms with E-state index in [0.29, 0.717) is 25.3 Å². The minimum absolute atomic E-state index is 0.0421. The molecule has 5 rings (SSSR count). The molecule has 3 aromatic rings. The van der Waals surface area contributed by atoms with Gasteiger partial charge in [0, 0.05) is 24.3 Å². The van der Waals surface area contributed by atoms with Crippen molar-refractivity contribution in [2.75, 3.05) is 19.7 Å². The van der Waals surface area contributed by atoms with Crippen LogP contribution in [0.5, 0.6) is 0 Å². The van der Waals surface area contributed by atoms with E-state index < -0.39 is 0 Å². The first-order valence-corrected chi connectivity index (χ1v) is 9.16. The molecule has 4 heterocycles. The van der Waals surface area contributed by atoms with Crippen molar-refractivity contribution in [2.45, 2.75) is 24.9 Å². The molecule has 0 unspecified atom stereocenters. The summed E-state index contributed by atoms with van der Waals surface area (Å²) in [5, 5.41) is 15.0. The minimum atomic E-state index is -0.328. The zero-order valence-corrected chi connectivity index (χ0v) is 14.8. The highest BCUT2D eigenvalue weighted by atomic mass is 16.5. The summed E-state index contributed by atoms with van der Waals surface area (Å²) >= 11 is 0. The van der Waals surface area contributed by atoms with Gasteiger partial charge in [0.25, 0.3) is 5.91 Å². The van der Waals surface area contributed by atoms with E-state index in [1.165, 1.54) is 5.56 Å². The smallest absolute Gasteiger partial charge is 0.253 e. The van der Waals surface area contributed by atoms with Crippen LogP contribution in [0.3, 0.4) is 0 Å². The number of aromatic nitrogens is 5. The number of carbonyl (C=O) groups excluding carboxylic acids is 1. The summed E-state index contributed by atoms with van der Waals surface area (Å²) in [6.07, 6.45) is 7.59. The third kappa shape index (κ3) is 2.73. The normalized spacial score (nSPS) is 18.4. The lowest BCUT2D eigenvalue weighted by Crippen LogP contribution is -2.48. The molecule has 1 spiro atoms. The number of ether oxygens (including phenoxy) is 1. The fraction of sp³-hybridized carbons (Fsp3) is 0.368. The summed E-state index contributed by atoms with van der Waals surface area (Å²) in [5.41, 5.74) is 3.55. The van der Waals surface area contributed by atoms with Crippen molar-refractivity contribution < 1.29 is 9.53 Å². The Hall–Kier alpha value is -3.00. The predicted molar refractivity (Wildman–Crippen MR) is 96.4 cm³/mol. The molecule has 0 aliphatic carbocycles. The summed E-state index contributed by atoms with van der Waals surface area (Å²) in [6.45, 7) is 2.03. The monoisotopic (exact) mass is 364 g/mol. The van der Waals surface area contributed by atoms with E-state index in [2.05, 4.69) is 20.4 Å². The van der Waals surface area contributed by atoms with Crippen molar-refractivity contribution >= 4 is 5.91 Å². The summed E-state index contributed by atoms with van der Waals surface area (Å²) < 4.78 is 7.96. The lowest BCUT2D eigenvalue weighted by Gasteiger charge is -2.43. The minimum Gasteiger partial charge on any atom is -0.368 e. The quantitative estimate of drug-likeness (QED) is 0.748. The molecule has 0 atom stereocenters. The number of H-pyrrole nitrogens is 1. The molecule has 0 bridgehead atoms. The lowest BCUT2D eigenvalue weighted by molar-refractivity contribution is -0.0962. The largest absolute Gasteiger partial charge is 0.368 e. The molecule has 8 heteroatoms. The maximum atomic E-state index is 13.0. The summed E-state index contributed by atoms with van der Waals surface area (Å²) in [6, 6.07) is 7.54. The summed E-state index contributed by atoms with van der Waals surface area (Å²) in [7, 11) is 0. The van der Waals surface area contributed by atoms with E-state index >= 15 is 0 Å². The van der Waals surface area contributed by atoms with Gasteiger partial charge in [0.2, 0.25) is 0 Å². The number of benzene rings is 1. The molecule has 1 amide bonds. The Morgan fingerprint density at radius 2 is 2.00 bits per heavy atom. The molecule has 2 aromatic heterocycles. The Balaban J connectivity index is 1.33. The second kappa shape index (κ2) is 6.31. The molecule has 27 heavy (non-hydrogen) atoms. The number of fused-ring (bicyclic) bond motifs is 2. The molecule has 1 fully saturated rings. The van der Waals surface area contributed by atoms with Crippen LogP contribution in [0.4, 0.5) is 0 Å². The Morgan fingerprint density at radius 3 is 2.81 bits per heavy atom. The van der Waals surface area contributed by atoms with Crippen LogP contribution in [0.2, 0.25) is 0 Å². The van der Waals surface area contributed by atoms with Gasteiger partial charge in [-0.15, -0.1) is 10.2 Å². The fourth-order valence-corrected chi connectivity index (χ4v) is 4.11. The van der Waals surface area contributed by atoms with Gasteiger partial charge in [0.1, 0.15) is 18.3 Å². The maximum absolute atomic E-state index is 13.0. The third-order valence-electron chi connectivity index (χ3n) is 5.59. The van der Waals surface area contributed by atoms with Crippen LogP contribution in [-0.2, 0) is 16.8 Å². The number of rotatable bonds is 2. The molecular weight excluding hydrogens is 344 g/mol. The van der Waals surface area contributed by atoms with Gasteiger partial charge >= 0.3 is 0 Å². The SMILES string of the molecule is O=C(c1cccc(-n2cnnc2)c1)N1CCC2(CC1)OCCc1cn[nH]c12. The van der Waals surface area contributed by atoms with Crippen LogP contribution in [-0.4, -0.2) is 55.5 Å². The molecular formula is C19H20N6O2. The van der Waals surface area contributed by atoms with Crippen molar-refractivity contribution in [3.8, 4) is 5.69 Å². The molecule has 0 saturated carbocycles. The molecule has 8 nitrogen and oxygen atoms in total. The molecule has 2 aliphatic rings. The van der Waals surface area contributed by atoms with Crippen molar-refractivity contribution in [1.29, 1.82) is 0 Å². The Morgan fingerprint density at radius 1 is 1.19 bits per heavy atom.